The summed E-state index contributed by atoms with van der Waals surface area (Å²) in [5.74, 6) is -0.151. The molecule has 0 saturated carbocycles. The minimum Gasteiger partial charge on any atom is -0.368 e. The van der Waals surface area contributed by atoms with Crippen LogP contribution in [-0.4, -0.2) is 36.5 Å². The van der Waals surface area contributed by atoms with Crippen molar-refractivity contribution in [2.24, 2.45) is 5.92 Å². The topological polar surface area (TPSA) is 44.8 Å². The predicted octanol–water partition coefficient (Wildman–Crippen LogP) is 2.78. The van der Waals surface area contributed by atoms with Crippen molar-refractivity contribution in [3.05, 3.63) is 23.3 Å². The van der Waals surface area contributed by atoms with Gasteiger partial charge in [-0.2, -0.15) is 0 Å². The highest BCUT2D eigenvalue weighted by molar-refractivity contribution is 5.97. The molecule has 0 N–H and O–H groups in total. The smallest absolute Gasteiger partial charge is 0.164 e. The van der Waals surface area contributed by atoms with Crippen LogP contribution >= 0.6 is 0 Å². The van der Waals surface area contributed by atoms with Crippen molar-refractivity contribution in [2.75, 3.05) is 6.61 Å². The Morgan fingerprint density at radius 2 is 2.00 bits per heavy atom. The molecule has 2 aliphatic heterocycles. The van der Waals surface area contributed by atoms with Gasteiger partial charge in [0.2, 0.25) is 0 Å². The second-order valence-electron chi connectivity index (χ2n) is 6.92. The van der Waals surface area contributed by atoms with Gasteiger partial charge in [0, 0.05) is 6.42 Å². The summed E-state index contributed by atoms with van der Waals surface area (Å²) in [6, 6.07) is 0. The number of fused-ring (bicyclic) bond motifs is 1. The molecule has 4 heteroatoms. The minimum atomic E-state index is -0.571. The Bertz CT molecular complexity index is 517. The number of rotatable bonds is 2. The monoisotopic (exact) mass is 292 g/mol. The third-order valence-corrected chi connectivity index (χ3v) is 4.80. The lowest BCUT2D eigenvalue weighted by molar-refractivity contribution is -0.171. The Hall–Kier alpha value is -0.970. The number of hydrogen-bond acceptors (Lipinski definition) is 4. The van der Waals surface area contributed by atoms with Gasteiger partial charge in [0.25, 0.3) is 0 Å². The van der Waals surface area contributed by atoms with Crippen LogP contribution in [0.5, 0.6) is 0 Å². The van der Waals surface area contributed by atoms with E-state index < -0.39 is 5.79 Å². The molecule has 0 aromatic heterocycles. The molecule has 0 spiro atoms. The first-order chi connectivity index (χ1) is 9.78. The number of Topliss-reactive ketones (excluding diaryl/α,β-unsaturated/α-hetero) is 1. The van der Waals surface area contributed by atoms with Gasteiger partial charge in [-0.3, -0.25) is 4.79 Å². The Morgan fingerprint density at radius 3 is 2.67 bits per heavy atom. The molecule has 3 rings (SSSR count). The largest absolute Gasteiger partial charge is 0.368 e. The molecule has 0 radical (unpaired) electrons. The average molecular weight is 292 g/mol. The summed E-state index contributed by atoms with van der Waals surface area (Å²) in [6.45, 7) is 12.3. The van der Waals surface area contributed by atoms with E-state index in [-0.39, 0.29) is 30.0 Å². The summed E-state index contributed by atoms with van der Waals surface area (Å²) >= 11 is 0. The molecule has 0 bridgehead atoms. The zero-order valence-corrected chi connectivity index (χ0v) is 13.3. The zero-order valence-electron chi connectivity index (χ0n) is 13.3. The fraction of sp³-hybridized carbons (Fsp3) is 0.706. The van der Waals surface area contributed by atoms with Crippen LogP contribution in [0.4, 0.5) is 0 Å². The van der Waals surface area contributed by atoms with E-state index in [0.29, 0.717) is 13.0 Å². The van der Waals surface area contributed by atoms with Crippen LogP contribution in [0.1, 0.15) is 40.5 Å². The van der Waals surface area contributed by atoms with E-state index in [1.807, 2.05) is 27.7 Å². The molecular weight excluding hydrogens is 268 g/mol. The Labute approximate surface area is 126 Å². The summed E-state index contributed by atoms with van der Waals surface area (Å²) in [4.78, 5) is 12.3. The zero-order chi connectivity index (χ0) is 15.4. The fourth-order valence-corrected chi connectivity index (χ4v) is 3.57. The molecule has 4 nitrogen and oxygen atoms in total. The maximum Gasteiger partial charge on any atom is 0.164 e. The third-order valence-electron chi connectivity index (χ3n) is 4.80. The van der Waals surface area contributed by atoms with Gasteiger partial charge in [0.1, 0.15) is 18.3 Å². The van der Waals surface area contributed by atoms with Crippen LogP contribution in [0.2, 0.25) is 0 Å². The number of hydrogen-bond donors (Lipinski definition) is 0. The number of ether oxygens (including phenoxy) is 3. The highest BCUT2D eigenvalue weighted by Gasteiger charge is 2.52. The van der Waals surface area contributed by atoms with Gasteiger partial charge in [-0.25, -0.2) is 0 Å². The molecule has 0 aromatic rings. The van der Waals surface area contributed by atoms with Crippen molar-refractivity contribution in [1.82, 2.24) is 0 Å². The highest BCUT2D eigenvalue weighted by Crippen LogP contribution is 2.42. The quantitative estimate of drug-likeness (QED) is 0.734. The van der Waals surface area contributed by atoms with Gasteiger partial charge in [-0.05, 0) is 51.2 Å². The number of allylic oxidation sites excluding steroid dienone is 2. The number of carbonyl (C=O) groups is 1. The lowest BCUT2D eigenvalue weighted by atomic mass is 9.78. The Kier molecular flexibility index (Phi) is 3.59. The van der Waals surface area contributed by atoms with E-state index in [1.165, 1.54) is 0 Å². The van der Waals surface area contributed by atoms with E-state index in [4.69, 9.17) is 14.2 Å². The van der Waals surface area contributed by atoms with Gasteiger partial charge < -0.3 is 14.2 Å². The van der Waals surface area contributed by atoms with Crippen LogP contribution in [0, 0.1) is 5.92 Å². The van der Waals surface area contributed by atoms with Crippen molar-refractivity contribution in [2.45, 2.75) is 64.6 Å². The molecule has 0 aromatic carbocycles. The lowest BCUT2D eigenvalue weighted by Gasteiger charge is -2.30. The molecule has 0 amide bonds. The highest BCUT2D eigenvalue weighted by atomic mass is 16.8. The molecule has 4 atom stereocenters. The second kappa shape index (κ2) is 5.04. The summed E-state index contributed by atoms with van der Waals surface area (Å²) < 4.78 is 17.8. The van der Waals surface area contributed by atoms with Crippen molar-refractivity contribution in [3.8, 4) is 0 Å². The van der Waals surface area contributed by atoms with Crippen molar-refractivity contribution in [1.29, 1.82) is 0 Å². The molecule has 4 unspecified atom stereocenters. The van der Waals surface area contributed by atoms with E-state index in [2.05, 4.69) is 6.58 Å². The summed E-state index contributed by atoms with van der Waals surface area (Å²) in [5, 5.41) is 0. The van der Waals surface area contributed by atoms with Crippen LogP contribution in [-0.2, 0) is 19.0 Å². The van der Waals surface area contributed by atoms with E-state index in [9.17, 15) is 4.79 Å². The SMILES string of the molecule is C=C(C)C1CC(=O)C(C)=C(C2OCC3OC(C)(C)OC32)C1. The van der Waals surface area contributed by atoms with Gasteiger partial charge in [-0.15, -0.1) is 0 Å². The maximum atomic E-state index is 12.3. The number of carbonyl (C=O) groups excluding carboxylic acids is 1. The van der Waals surface area contributed by atoms with Gasteiger partial charge >= 0.3 is 0 Å². The van der Waals surface area contributed by atoms with Gasteiger partial charge in [0.15, 0.2) is 11.6 Å². The van der Waals surface area contributed by atoms with Crippen molar-refractivity contribution >= 4 is 5.78 Å². The minimum absolute atomic E-state index is 0.0365. The van der Waals surface area contributed by atoms with Crippen LogP contribution in [0.15, 0.2) is 23.3 Å². The van der Waals surface area contributed by atoms with Gasteiger partial charge in [-0.1, -0.05) is 12.2 Å². The van der Waals surface area contributed by atoms with E-state index in [1.54, 1.807) is 0 Å². The Balaban J connectivity index is 1.87. The molecule has 2 fully saturated rings. The average Bonchev–Trinajstić information content (AvgIpc) is 2.87. The lowest BCUT2D eigenvalue weighted by Crippen LogP contribution is -2.34. The standard InChI is InChI=1S/C17H24O4/c1-9(2)11-6-12(10(3)13(18)7-11)15-16-14(8-19-15)20-17(4,5)21-16/h11,14-16H,1,6-8H2,2-5H3. The second-order valence-corrected chi connectivity index (χ2v) is 6.92. The summed E-state index contributed by atoms with van der Waals surface area (Å²) in [7, 11) is 0. The Morgan fingerprint density at radius 1 is 1.29 bits per heavy atom. The molecule has 116 valence electrons. The summed E-state index contributed by atoms with van der Waals surface area (Å²) in [5.41, 5.74) is 2.98. The first-order valence-electron chi connectivity index (χ1n) is 7.64. The molecular formula is C17H24O4. The summed E-state index contributed by atoms with van der Waals surface area (Å²) in [6.07, 6.45) is 1.09. The predicted molar refractivity (Wildman–Crippen MR) is 78.8 cm³/mol. The van der Waals surface area contributed by atoms with Gasteiger partial charge in [0.05, 0.1) is 6.61 Å². The van der Waals surface area contributed by atoms with Crippen LogP contribution in [0.25, 0.3) is 0 Å². The third kappa shape index (κ3) is 2.60. The normalized spacial score (nSPS) is 38.8. The van der Waals surface area contributed by atoms with Crippen molar-refractivity contribution < 1.29 is 19.0 Å². The van der Waals surface area contributed by atoms with Crippen molar-refractivity contribution in [3.63, 3.8) is 0 Å². The van der Waals surface area contributed by atoms with Crippen LogP contribution in [0.3, 0.4) is 0 Å². The van der Waals surface area contributed by atoms with E-state index in [0.717, 1.165) is 23.1 Å². The molecule has 2 heterocycles. The first kappa shape index (κ1) is 14.9. The van der Waals surface area contributed by atoms with E-state index >= 15 is 0 Å². The molecule has 2 saturated heterocycles. The maximum absolute atomic E-state index is 12.3. The number of ketones is 1. The molecule has 1 aliphatic carbocycles. The molecule has 3 aliphatic rings. The fourth-order valence-electron chi connectivity index (χ4n) is 3.57. The molecule has 21 heavy (non-hydrogen) atoms. The van der Waals surface area contributed by atoms with Crippen LogP contribution < -0.4 is 0 Å². The first-order valence-corrected chi connectivity index (χ1v) is 7.64.